The maximum atomic E-state index is 12.1. The largest absolute Gasteiger partial charge is 0.370 e. The van der Waals surface area contributed by atoms with Crippen molar-refractivity contribution >= 4 is 27.7 Å². The van der Waals surface area contributed by atoms with Gasteiger partial charge in [0.2, 0.25) is 11.8 Å². The van der Waals surface area contributed by atoms with Crippen molar-refractivity contribution in [2.75, 3.05) is 32.8 Å². The third kappa shape index (κ3) is 4.52. The Kier molecular flexibility index (Phi) is 5.72. The summed E-state index contributed by atoms with van der Waals surface area (Å²) in [6, 6.07) is 7.83. The van der Waals surface area contributed by atoms with Gasteiger partial charge >= 0.3 is 0 Å². The SMILES string of the molecule is NCC(=O)NCC(=O)N1CCOC(c2ccc(Br)cc2)C1. The summed E-state index contributed by atoms with van der Waals surface area (Å²) >= 11 is 3.39. The second kappa shape index (κ2) is 7.53. The molecule has 0 spiro atoms. The zero-order valence-electron chi connectivity index (χ0n) is 11.5. The molecule has 2 rings (SSSR count). The molecule has 1 heterocycles. The Bertz CT molecular complexity index is 507. The summed E-state index contributed by atoms with van der Waals surface area (Å²) in [4.78, 5) is 24.8. The number of nitrogens with one attached hydrogen (secondary N) is 1. The van der Waals surface area contributed by atoms with E-state index in [2.05, 4.69) is 21.2 Å². The Balaban J connectivity index is 1.92. The molecule has 1 aliphatic rings. The summed E-state index contributed by atoms with van der Waals surface area (Å²) in [6.45, 7) is 1.36. The fraction of sp³-hybridized carbons (Fsp3) is 0.429. The van der Waals surface area contributed by atoms with E-state index in [1.165, 1.54) is 0 Å². The molecule has 1 aromatic rings. The second-order valence-corrected chi connectivity index (χ2v) is 5.65. The molecule has 0 aromatic heterocycles. The van der Waals surface area contributed by atoms with E-state index in [1.54, 1.807) is 4.90 Å². The fourth-order valence-corrected chi connectivity index (χ4v) is 2.38. The number of nitrogens with zero attached hydrogens (tertiary/aromatic N) is 1. The summed E-state index contributed by atoms with van der Waals surface area (Å²) in [6.07, 6.45) is -0.138. The Labute approximate surface area is 131 Å². The molecule has 21 heavy (non-hydrogen) atoms. The van der Waals surface area contributed by atoms with Crippen molar-refractivity contribution in [3.8, 4) is 0 Å². The minimum absolute atomic E-state index is 0.0247. The minimum Gasteiger partial charge on any atom is -0.370 e. The highest BCUT2D eigenvalue weighted by molar-refractivity contribution is 9.10. The average Bonchev–Trinajstić information content (AvgIpc) is 2.53. The van der Waals surface area contributed by atoms with Crippen LogP contribution in [0.5, 0.6) is 0 Å². The standard InChI is InChI=1S/C14H18BrN3O3/c15-11-3-1-10(2-4-11)12-9-18(5-6-21-12)14(20)8-17-13(19)7-16/h1-4,12H,5-9,16H2,(H,17,19). The number of morpholine rings is 1. The van der Waals surface area contributed by atoms with Crippen LogP contribution in [0.2, 0.25) is 0 Å². The normalized spacial score (nSPS) is 18.4. The predicted octanol–water partition coefficient (Wildman–Crippen LogP) is 0.424. The van der Waals surface area contributed by atoms with E-state index in [1.807, 2.05) is 24.3 Å². The van der Waals surface area contributed by atoms with Crippen LogP contribution in [0.1, 0.15) is 11.7 Å². The number of hydrogen-bond acceptors (Lipinski definition) is 4. The van der Waals surface area contributed by atoms with E-state index in [0.29, 0.717) is 19.7 Å². The fourth-order valence-electron chi connectivity index (χ4n) is 2.11. The van der Waals surface area contributed by atoms with E-state index < -0.39 is 0 Å². The molecule has 0 bridgehead atoms. The van der Waals surface area contributed by atoms with Crippen LogP contribution < -0.4 is 11.1 Å². The van der Waals surface area contributed by atoms with Crippen molar-refractivity contribution in [1.82, 2.24) is 10.2 Å². The van der Waals surface area contributed by atoms with Crippen molar-refractivity contribution < 1.29 is 14.3 Å². The van der Waals surface area contributed by atoms with E-state index in [9.17, 15) is 9.59 Å². The Hall–Kier alpha value is -1.44. The lowest BCUT2D eigenvalue weighted by molar-refractivity contribution is -0.139. The number of amides is 2. The number of carbonyl (C=O) groups excluding carboxylic acids is 2. The van der Waals surface area contributed by atoms with Crippen LogP contribution in [0.4, 0.5) is 0 Å². The van der Waals surface area contributed by atoms with Crippen LogP contribution in [-0.4, -0.2) is 49.5 Å². The van der Waals surface area contributed by atoms with E-state index >= 15 is 0 Å². The molecule has 3 N–H and O–H groups in total. The molecular formula is C14H18BrN3O3. The first kappa shape index (κ1) is 15.9. The van der Waals surface area contributed by atoms with Gasteiger partial charge in [-0.2, -0.15) is 0 Å². The van der Waals surface area contributed by atoms with Crippen LogP contribution >= 0.6 is 15.9 Å². The number of carbonyl (C=O) groups is 2. The van der Waals surface area contributed by atoms with Crippen LogP contribution in [0.3, 0.4) is 0 Å². The molecule has 0 aliphatic carbocycles. The third-order valence-electron chi connectivity index (χ3n) is 3.28. The van der Waals surface area contributed by atoms with Gasteiger partial charge in [0.25, 0.3) is 0 Å². The molecule has 0 radical (unpaired) electrons. The number of nitrogens with two attached hydrogens (primary N) is 1. The molecule has 1 aliphatic heterocycles. The first-order chi connectivity index (χ1) is 10.1. The highest BCUT2D eigenvalue weighted by Gasteiger charge is 2.25. The summed E-state index contributed by atoms with van der Waals surface area (Å²) in [7, 11) is 0. The van der Waals surface area contributed by atoms with Crippen LogP contribution in [-0.2, 0) is 14.3 Å². The predicted molar refractivity (Wildman–Crippen MR) is 81.5 cm³/mol. The van der Waals surface area contributed by atoms with Crippen LogP contribution in [0.15, 0.2) is 28.7 Å². The minimum atomic E-state index is -0.332. The Morgan fingerprint density at radius 1 is 1.38 bits per heavy atom. The number of ether oxygens (including phenoxy) is 1. The zero-order chi connectivity index (χ0) is 15.2. The van der Waals surface area contributed by atoms with Gasteiger partial charge in [-0.15, -0.1) is 0 Å². The Morgan fingerprint density at radius 3 is 2.76 bits per heavy atom. The molecule has 6 nitrogen and oxygen atoms in total. The molecule has 1 fully saturated rings. The third-order valence-corrected chi connectivity index (χ3v) is 3.81. The van der Waals surface area contributed by atoms with Crippen molar-refractivity contribution in [3.05, 3.63) is 34.3 Å². The van der Waals surface area contributed by atoms with Gasteiger partial charge in [0, 0.05) is 11.0 Å². The Morgan fingerprint density at radius 2 is 2.10 bits per heavy atom. The molecule has 1 aromatic carbocycles. The molecule has 2 amide bonds. The topological polar surface area (TPSA) is 84.7 Å². The van der Waals surface area contributed by atoms with E-state index in [-0.39, 0.29) is 31.0 Å². The van der Waals surface area contributed by atoms with Gasteiger partial charge in [0.1, 0.15) is 6.10 Å². The van der Waals surface area contributed by atoms with Gasteiger partial charge in [0.05, 0.1) is 26.2 Å². The van der Waals surface area contributed by atoms with Gasteiger partial charge in [-0.05, 0) is 17.7 Å². The lowest BCUT2D eigenvalue weighted by Crippen LogP contribution is -2.47. The number of hydrogen-bond donors (Lipinski definition) is 2. The molecule has 0 saturated carbocycles. The van der Waals surface area contributed by atoms with Gasteiger partial charge in [0.15, 0.2) is 0 Å². The number of benzene rings is 1. The summed E-state index contributed by atoms with van der Waals surface area (Å²) < 4.78 is 6.71. The van der Waals surface area contributed by atoms with Crippen molar-refractivity contribution in [2.24, 2.45) is 5.73 Å². The summed E-state index contributed by atoms with van der Waals surface area (Å²) in [5.41, 5.74) is 6.22. The van der Waals surface area contributed by atoms with Gasteiger partial charge in [-0.1, -0.05) is 28.1 Å². The highest BCUT2D eigenvalue weighted by Crippen LogP contribution is 2.23. The molecule has 7 heteroatoms. The van der Waals surface area contributed by atoms with E-state index in [4.69, 9.17) is 10.5 Å². The first-order valence-electron chi connectivity index (χ1n) is 6.71. The maximum Gasteiger partial charge on any atom is 0.242 e. The lowest BCUT2D eigenvalue weighted by Gasteiger charge is -2.33. The summed E-state index contributed by atoms with van der Waals surface area (Å²) in [5, 5.41) is 2.49. The van der Waals surface area contributed by atoms with Gasteiger partial charge < -0.3 is 20.7 Å². The molecule has 1 saturated heterocycles. The van der Waals surface area contributed by atoms with Crippen molar-refractivity contribution in [2.45, 2.75) is 6.10 Å². The first-order valence-corrected chi connectivity index (χ1v) is 7.51. The quantitative estimate of drug-likeness (QED) is 0.819. The van der Waals surface area contributed by atoms with Crippen LogP contribution in [0, 0.1) is 0 Å². The van der Waals surface area contributed by atoms with Gasteiger partial charge in [-0.25, -0.2) is 0 Å². The monoisotopic (exact) mass is 355 g/mol. The number of rotatable bonds is 4. The van der Waals surface area contributed by atoms with Crippen molar-refractivity contribution in [1.29, 1.82) is 0 Å². The number of halogens is 1. The molecular weight excluding hydrogens is 338 g/mol. The maximum absolute atomic E-state index is 12.1. The van der Waals surface area contributed by atoms with Crippen molar-refractivity contribution in [3.63, 3.8) is 0 Å². The van der Waals surface area contributed by atoms with Gasteiger partial charge in [-0.3, -0.25) is 9.59 Å². The lowest BCUT2D eigenvalue weighted by atomic mass is 10.1. The molecule has 1 unspecified atom stereocenters. The smallest absolute Gasteiger partial charge is 0.242 e. The molecule has 114 valence electrons. The average molecular weight is 356 g/mol. The highest BCUT2D eigenvalue weighted by atomic mass is 79.9. The van der Waals surface area contributed by atoms with E-state index in [0.717, 1.165) is 10.0 Å². The molecule has 1 atom stereocenters. The second-order valence-electron chi connectivity index (χ2n) is 4.73. The van der Waals surface area contributed by atoms with Crippen LogP contribution in [0.25, 0.3) is 0 Å². The summed E-state index contributed by atoms with van der Waals surface area (Å²) in [5.74, 6) is -0.455. The zero-order valence-corrected chi connectivity index (χ0v) is 13.1.